The number of carbonyl (C=O) groups excluding carboxylic acids is 1. The zero-order valence-electron chi connectivity index (χ0n) is 11.3. The predicted octanol–water partition coefficient (Wildman–Crippen LogP) is 2.11. The van der Waals surface area contributed by atoms with Crippen LogP contribution in [0.25, 0.3) is 0 Å². The fraction of sp³-hybridized carbons (Fsp3) is 0.462. The van der Waals surface area contributed by atoms with Crippen molar-refractivity contribution in [2.75, 3.05) is 20.3 Å². The molecule has 0 N–H and O–H groups in total. The number of hydrogen-bond acceptors (Lipinski definition) is 6. The summed E-state index contributed by atoms with van der Waals surface area (Å²) < 4.78 is 16.5. The van der Waals surface area contributed by atoms with Gasteiger partial charge in [-0.1, -0.05) is 0 Å². The van der Waals surface area contributed by atoms with Gasteiger partial charge < -0.3 is 14.2 Å². The molecular weight excluding hydrogens is 346 g/mol. The van der Waals surface area contributed by atoms with Gasteiger partial charge in [0, 0.05) is 19.6 Å². The largest absolute Gasteiger partial charge is 0.485 e. The number of nitro groups is 1. The van der Waals surface area contributed by atoms with Crippen molar-refractivity contribution in [3.8, 4) is 5.75 Å². The van der Waals surface area contributed by atoms with Crippen LogP contribution < -0.4 is 4.74 Å². The summed E-state index contributed by atoms with van der Waals surface area (Å²) >= 11 is 3.27. The van der Waals surface area contributed by atoms with Crippen LogP contribution in [0.3, 0.4) is 0 Å². The summed E-state index contributed by atoms with van der Waals surface area (Å²) in [5.74, 6) is 0.277. The lowest BCUT2D eigenvalue weighted by molar-refractivity contribution is -0.385. The highest BCUT2D eigenvalue weighted by Gasteiger charge is 2.43. The van der Waals surface area contributed by atoms with Crippen molar-refractivity contribution in [3.63, 3.8) is 0 Å². The molecule has 1 saturated carbocycles. The Kier molecular flexibility index (Phi) is 5.27. The summed E-state index contributed by atoms with van der Waals surface area (Å²) in [6.07, 6.45) is -0.855. The summed E-state index contributed by atoms with van der Waals surface area (Å²) in [7, 11) is 1.54. The van der Waals surface area contributed by atoms with E-state index < -0.39 is 17.1 Å². The van der Waals surface area contributed by atoms with Gasteiger partial charge >= 0.3 is 0 Å². The van der Waals surface area contributed by atoms with Gasteiger partial charge in [-0.05, 0) is 22.0 Å². The molecule has 1 aliphatic carbocycles. The van der Waals surface area contributed by atoms with Gasteiger partial charge in [0.15, 0.2) is 11.9 Å². The third-order valence-electron chi connectivity index (χ3n) is 3.05. The van der Waals surface area contributed by atoms with Gasteiger partial charge in [-0.15, -0.1) is 0 Å². The van der Waals surface area contributed by atoms with Crippen LogP contribution in [0.15, 0.2) is 22.7 Å². The van der Waals surface area contributed by atoms with E-state index in [1.54, 1.807) is 7.11 Å². The van der Waals surface area contributed by atoms with E-state index in [1.165, 1.54) is 18.2 Å². The second-order valence-electron chi connectivity index (χ2n) is 4.48. The van der Waals surface area contributed by atoms with Crippen LogP contribution in [0.5, 0.6) is 5.75 Å². The van der Waals surface area contributed by atoms with Gasteiger partial charge in [-0.25, -0.2) is 0 Å². The van der Waals surface area contributed by atoms with Crippen molar-refractivity contribution in [3.05, 3.63) is 32.8 Å². The highest BCUT2D eigenvalue weighted by molar-refractivity contribution is 9.10. The van der Waals surface area contributed by atoms with Crippen molar-refractivity contribution in [2.24, 2.45) is 0 Å². The van der Waals surface area contributed by atoms with Gasteiger partial charge in [0.2, 0.25) is 0 Å². The van der Waals surface area contributed by atoms with E-state index in [1.807, 2.05) is 0 Å². The lowest BCUT2D eigenvalue weighted by Crippen LogP contribution is -2.52. The number of rotatable bonds is 7. The van der Waals surface area contributed by atoms with Crippen LogP contribution in [-0.2, 0) is 14.3 Å². The van der Waals surface area contributed by atoms with Crippen molar-refractivity contribution in [1.29, 1.82) is 0 Å². The van der Waals surface area contributed by atoms with Crippen molar-refractivity contribution >= 4 is 27.4 Å². The van der Waals surface area contributed by atoms with Gasteiger partial charge in [0.25, 0.3) is 5.69 Å². The fourth-order valence-corrected chi connectivity index (χ4v) is 2.23. The fourth-order valence-electron chi connectivity index (χ4n) is 1.89. The number of nitrogens with zero attached hydrogens (tertiary/aromatic N) is 1. The van der Waals surface area contributed by atoms with Crippen LogP contribution in [0.2, 0.25) is 0 Å². The summed E-state index contributed by atoms with van der Waals surface area (Å²) in [6, 6.07) is 4.23. The van der Waals surface area contributed by atoms with Crippen LogP contribution >= 0.6 is 15.9 Å². The molecular formula is C13H14BrNO6. The lowest BCUT2D eigenvalue weighted by atomic mass is 9.90. The Balaban J connectivity index is 2.02. The molecule has 0 radical (unpaired) electrons. The van der Waals surface area contributed by atoms with Gasteiger partial charge in [-0.3, -0.25) is 14.9 Å². The number of nitro benzene ring substituents is 1. The molecule has 2 atom stereocenters. The quantitative estimate of drug-likeness (QED) is 0.420. The zero-order valence-corrected chi connectivity index (χ0v) is 12.9. The third kappa shape index (κ3) is 3.78. The summed E-state index contributed by atoms with van der Waals surface area (Å²) in [5.41, 5.74) is -0.0734. The zero-order chi connectivity index (χ0) is 15.4. The summed E-state index contributed by atoms with van der Waals surface area (Å²) in [5, 5.41) is 10.8. The Morgan fingerprint density at radius 1 is 1.43 bits per heavy atom. The van der Waals surface area contributed by atoms with Gasteiger partial charge in [-0.2, -0.15) is 0 Å². The number of Topliss-reactive ketones (excluding diaryl/α,β-unsaturated/α-hetero) is 1. The highest BCUT2D eigenvalue weighted by atomic mass is 79.9. The van der Waals surface area contributed by atoms with Crippen LogP contribution in [0, 0.1) is 10.1 Å². The van der Waals surface area contributed by atoms with E-state index in [0.717, 1.165) is 0 Å². The molecule has 1 aromatic carbocycles. The molecule has 7 nitrogen and oxygen atoms in total. The van der Waals surface area contributed by atoms with Crippen LogP contribution in [0.1, 0.15) is 6.42 Å². The molecule has 1 fully saturated rings. The highest BCUT2D eigenvalue weighted by Crippen LogP contribution is 2.33. The first-order valence-corrected chi connectivity index (χ1v) is 7.06. The lowest BCUT2D eigenvalue weighted by Gasteiger charge is -2.34. The standard InChI is InChI=1S/C13H14BrNO6/c1-19-4-5-20-13-10(16)7-12(13)21-11-6-8(15(17)18)2-3-9(11)14/h2-3,6,12-13H,4-5,7H2,1H3. The molecule has 0 heterocycles. The molecule has 21 heavy (non-hydrogen) atoms. The molecule has 8 heteroatoms. The maximum absolute atomic E-state index is 11.5. The molecule has 0 aliphatic heterocycles. The Hall–Kier alpha value is -1.51. The first-order chi connectivity index (χ1) is 10.0. The molecule has 114 valence electrons. The predicted molar refractivity (Wildman–Crippen MR) is 76.5 cm³/mol. The maximum Gasteiger partial charge on any atom is 0.273 e. The molecule has 0 bridgehead atoms. The summed E-state index contributed by atoms with van der Waals surface area (Å²) in [6.45, 7) is 0.680. The minimum absolute atomic E-state index is 0.0438. The minimum atomic E-state index is -0.647. The number of halogens is 1. The van der Waals surface area contributed by atoms with E-state index >= 15 is 0 Å². The molecule has 0 spiro atoms. The Morgan fingerprint density at radius 2 is 2.19 bits per heavy atom. The minimum Gasteiger partial charge on any atom is -0.485 e. The number of carbonyl (C=O) groups is 1. The monoisotopic (exact) mass is 359 g/mol. The van der Waals surface area contributed by atoms with Crippen molar-refractivity contribution in [2.45, 2.75) is 18.6 Å². The van der Waals surface area contributed by atoms with E-state index in [4.69, 9.17) is 14.2 Å². The topological polar surface area (TPSA) is 87.9 Å². The van der Waals surface area contributed by atoms with Gasteiger partial charge in [0.1, 0.15) is 11.9 Å². The molecule has 2 unspecified atom stereocenters. The average Bonchev–Trinajstić information content (AvgIpc) is 2.44. The van der Waals surface area contributed by atoms with E-state index in [2.05, 4.69) is 15.9 Å². The molecule has 1 aliphatic rings. The second kappa shape index (κ2) is 6.97. The number of non-ortho nitro benzene ring substituents is 1. The van der Waals surface area contributed by atoms with Gasteiger partial charge in [0.05, 0.1) is 28.7 Å². The van der Waals surface area contributed by atoms with Crippen LogP contribution in [-0.4, -0.2) is 43.2 Å². The number of ketones is 1. The smallest absolute Gasteiger partial charge is 0.273 e. The molecule has 0 aromatic heterocycles. The van der Waals surface area contributed by atoms with Crippen LogP contribution in [0.4, 0.5) is 5.69 Å². The molecule has 1 aromatic rings. The first-order valence-electron chi connectivity index (χ1n) is 6.26. The average molecular weight is 360 g/mol. The summed E-state index contributed by atoms with van der Waals surface area (Å²) in [4.78, 5) is 21.8. The maximum atomic E-state index is 11.5. The van der Waals surface area contributed by atoms with E-state index in [9.17, 15) is 14.9 Å². The SMILES string of the molecule is COCCOC1C(=O)CC1Oc1cc([N+](=O)[O-])ccc1Br. The van der Waals surface area contributed by atoms with E-state index in [-0.39, 0.29) is 17.9 Å². The van der Waals surface area contributed by atoms with Crippen molar-refractivity contribution in [1.82, 2.24) is 0 Å². The molecule has 2 rings (SSSR count). The third-order valence-corrected chi connectivity index (χ3v) is 3.70. The molecule has 0 saturated heterocycles. The van der Waals surface area contributed by atoms with Crippen molar-refractivity contribution < 1.29 is 23.9 Å². The Bertz CT molecular complexity index is 549. The number of hydrogen-bond donors (Lipinski definition) is 0. The second-order valence-corrected chi connectivity index (χ2v) is 5.34. The number of methoxy groups -OCH3 is 1. The van der Waals surface area contributed by atoms with E-state index in [0.29, 0.717) is 23.4 Å². The Labute approximate surface area is 129 Å². The Morgan fingerprint density at radius 3 is 2.81 bits per heavy atom. The first kappa shape index (κ1) is 15.9. The normalized spacial score (nSPS) is 21.0. The number of ether oxygens (including phenoxy) is 3. The molecule has 0 amide bonds. The number of benzene rings is 1.